The molecule has 0 aliphatic carbocycles. The molecule has 4 N–H and O–H groups in total. The van der Waals surface area contributed by atoms with Gasteiger partial charge in [0.25, 0.3) is 5.92 Å². The van der Waals surface area contributed by atoms with E-state index in [1.165, 1.54) is 24.3 Å². The van der Waals surface area contributed by atoms with Crippen LogP contribution in [0.1, 0.15) is 22.0 Å². The number of carbonyl (C=O) groups is 1. The Bertz CT molecular complexity index is 378. The van der Waals surface area contributed by atoms with Gasteiger partial charge < -0.3 is 15.9 Å². The standard InChI is InChI=1S/C10H11F2NO3/c11-10(12,5-14)8(13)6-1-3-7(4-2-6)9(15)16/h1-4,8,14H,5,13H2,(H,15,16)/t8-/m0/s1. The first-order valence-corrected chi connectivity index (χ1v) is 4.46. The van der Waals surface area contributed by atoms with Crippen molar-refractivity contribution in [1.29, 1.82) is 0 Å². The van der Waals surface area contributed by atoms with Crippen molar-refractivity contribution in [2.75, 3.05) is 6.61 Å². The molecule has 0 spiro atoms. The number of aliphatic hydroxyl groups excluding tert-OH is 1. The molecule has 1 aromatic carbocycles. The molecule has 0 fully saturated rings. The fraction of sp³-hybridized carbons (Fsp3) is 0.300. The van der Waals surface area contributed by atoms with E-state index in [1.807, 2.05) is 0 Å². The normalized spacial score (nSPS) is 13.5. The van der Waals surface area contributed by atoms with Crippen molar-refractivity contribution >= 4 is 5.97 Å². The van der Waals surface area contributed by atoms with E-state index in [0.717, 1.165) is 0 Å². The Labute approximate surface area is 90.3 Å². The Morgan fingerprint density at radius 3 is 2.25 bits per heavy atom. The zero-order valence-electron chi connectivity index (χ0n) is 8.23. The first kappa shape index (κ1) is 12.5. The number of rotatable bonds is 4. The minimum Gasteiger partial charge on any atom is -0.478 e. The number of aromatic carboxylic acids is 1. The Morgan fingerprint density at radius 1 is 1.38 bits per heavy atom. The van der Waals surface area contributed by atoms with E-state index in [2.05, 4.69) is 0 Å². The van der Waals surface area contributed by atoms with Gasteiger partial charge in [0, 0.05) is 0 Å². The van der Waals surface area contributed by atoms with Crippen LogP contribution in [0.5, 0.6) is 0 Å². The monoisotopic (exact) mass is 231 g/mol. The molecule has 0 unspecified atom stereocenters. The lowest BCUT2D eigenvalue weighted by atomic mass is 10.0. The molecule has 0 aliphatic heterocycles. The van der Waals surface area contributed by atoms with Crippen molar-refractivity contribution in [3.63, 3.8) is 0 Å². The molecule has 1 aromatic rings. The summed E-state index contributed by atoms with van der Waals surface area (Å²) in [5.41, 5.74) is 5.31. The quantitative estimate of drug-likeness (QED) is 0.722. The molecule has 1 atom stereocenters. The smallest absolute Gasteiger partial charge is 0.335 e. The predicted molar refractivity (Wildman–Crippen MR) is 52.4 cm³/mol. The number of aliphatic hydroxyl groups is 1. The van der Waals surface area contributed by atoms with Crippen LogP contribution >= 0.6 is 0 Å². The van der Waals surface area contributed by atoms with Gasteiger partial charge in [-0.3, -0.25) is 0 Å². The third-order valence-electron chi connectivity index (χ3n) is 2.18. The molecule has 0 amide bonds. The summed E-state index contributed by atoms with van der Waals surface area (Å²) in [4.78, 5) is 10.5. The third kappa shape index (κ3) is 2.53. The summed E-state index contributed by atoms with van der Waals surface area (Å²) < 4.78 is 26.0. The SMILES string of the molecule is N[C@@H](c1ccc(C(=O)O)cc1)C(F)(F)CO. The van der Waals surface area contributed by atoms with E-state index < -0.39 is 24.5 Å². The van der Waals surface area contributed by atoms with E-state index in [-0.39, 0.29) is 11.1 Å². The van der Waals surface area contributed by atoms with Crippen molar-refractivity contribution < 1.29 is 23.8 Å². The number of halogens is 2. The molecule has 0 heterocycles. The topological polar surface area (TPSA) is 83.6 Å². The summed E-state index contributed by atoms with van der Waals surface area (Å²) in [6.45, 7) is -1.35. The highest BCUT2D eigenvalue weighted by molar-refractivity contribution is 5.87. The summed E-state index contributed by atoms with van der Waals surface area (Å²) in [6, 6.07) is 3.13. The minimum atomic E-state index is -3.43. The second-order valence-electron chi connectivity index (χ2n) is 3.32. The fourth-order valence-corrected chi connectivity index (χ4v) is 1.18. The van der Waals surface area contributed by atoms with Crippen LogP contribution in [0, 0.1) is 0 Å². The summed E-state index contributed by atoms with van der Waals surface area (Å²) in [7, 11) is 0. The molecular weight excluding hydrogens is 220 g/mol. The van der Waals surface area contributed by atoms with Gasteiger partial charge in [-0.05, 0) is 17.7 Å². The molecule has 0 aliphatic rings. The van der Waals surface area contributed by atoms with Gasteiger partial charge in [0.05, 0.1) is 11.6 Å². The second-order valence-corrected chi connectivity index (χ2v) is 3.32. The molecule has 1 rings (SSSR count). The maximum atomic E-state index is 13.0. The molecule has 16 heavy (non-hydrogen) atoms. The molecule has 0 saturated heterocycles. The molecule has 0 radical (unpaired) electrons. The van der Waals surface area contributed by atoms with Crippen LogP contribution in [0.15, 0.2) is 24.3 Å². The number of hydrogen-bond acceptors (Lipinski definition) is 3. The highest BCUT2D eigenvalue weighted by Gasteiger charge is 2.37. The Kier molecular flexibility index (Phi) is 3.56. The van der Waals surface area contributed by atoms with Crippen LogP contribution in [0.4, 0.5) is 8.78 Å². The maximum Gasteiger partial charge on any atom is 0.335 e. The lowest BCUT2D eigenvalue weighted by molar-refractivity contribution is -0.0711. The average molecular weight is 231 g/mol. The van der Waals surface area contributed by atoms with Crippen molar-refractivity contribution in [2.45, 2.75) is 12.0 Å². The number of nitrogens with two attached hydrogens (primary N) is 1. The Morgan fingerprint density at radius 2 is 1.88 bits per heavy atom. The molecule has 6 heteroatoms. The lowest BCUT2D eigenvalue weighted by Gasteiger charge is -2.21. The lowest BCUT2D eigenvalue weighted by Crippen LogP contribution is -2.36. The van der Waals surface area contributed by atoms with E-state index in [9.17, 15) is 13.6 Å². The van der Waals surface area contributed by atoms with Crippen LogP contribution in [0.3, 0.4) is 0 Å². The van der Waals surface area contributed by atoms with Gasteiger partial charge >= 0.3 is 5.97 Å². The van der Waals surface area contributed by atoms with Crippen molar-refractivity contribution in [2.24, 2.45) is 5.73 Å². The summed E-state index contributed by atoms with van der Waals surface area (Å²) >= 11 is 0. The third-order valence-corrected chi connectivity index (χ3v) is 2.18. The van der Waals surface area contributed by atoms with Crippen LogP contribution in [0.2, 0.25) is 0 Å². The predicted octanol–water partition coefficient (Wildman–Crippen LogP) is 1.01. The number of carboxylic acid groups (broad SMARTS) is 1. The van der Waals surface area contributed by atoms with Gasteiger partial charge in [-0.15, -0.1) is 0 Å². The van der Waals surface area contributed by atoms with Gasteiger partial charge in [0.15, 0.2) is 0 Å². The summed E-state index contributed by atoms with van der Waals surface area (Å²) in [5.74, 6) is -4.57. The molecule has 0 saturated carbocycles. The maximum absolute atomic E-state index is 13.0. The van der Waals surface area contributed by atoms with Gasteiger partial charge in [-0.2, -0.15) is 0 Å². The van der Waals surface area contributed by atoms with Crippen LogP contribution < -0.4 is 5.73 Å². The van der Waals surface area contributed by atoms with E-state index in [4.69, 9.17) is 15.9 Å². The molecule has 4 nitrogen and oxygen atoms in total. The number of carboxylic acids is 1. The zero-order valence-corrected chi connectivity index (χ0v) is 8.23. The van der Waals surface area contributed by atoms with Gasteiger partial charge in [-0.25, -0.2) is 13.6 Å². The van der Waals surface area contributed by atoms with E-state index in [1.54, 1.807) is 0 Å². The summed E-state index contributed by atoms with van der Waals surface area (Å²) in [6.07, 6.45) is 0. The number of benzene rings is 1. The second kappa shape index (κ2) is 4.54. The molecular formula is C10H11F2NO3. The Balaban J connectivity index is 2.94. The largest absolute Gasteiger partial charge is 0.478 e. The van der Waals surface area contributed by atoms with Crippen molar-refractivity contribution in [3.05, 3.63) is 35.4 Å². The van der Waals surface area contributed by atoms with E-state index >= 15 is 0 Å². The van der Waals surface area contributed by atoms with Crippen molar-refractivity contribution in [1.82, 2.24) is 0 Å². The summed E-state index contributed by atoms with van der Waals surface area (Å²) in [5, 5.41) is 17.0. The van der Waals surface area contributed by atoms with Gasteiger partial charge in [-0.1, -0.05) is 12.1 Å². The fourth-order valence-electron chi connectivity index (χ4n) is 1.18. The first-order chi connectivity index (χ1) is 7.38. The molecule has 88 valence electrons. The van der Waals surface area contributed by atoms with Crippen LogP contribution in [-0.2, 0) is 0 Å². The number of hydrogen-bond donors (Lipinski definition) is 3. The van der Waals surface area contributed by atoms with Crippen molar-refractivity contribution in [3.8, 4) is 0 Å². The van der Waals surface area contributed by atoms with Gasteiger partial charge in [0.1, 0.15) is 6.61 Å². The van der Waals surface area contributed by atoms with E-state index in [0.29, 0.717) is 0 Å². The Hall–Kier alpha value is -1.53. The highest BCUT2D eigenvalue weighted by atomic mass is 19.3. The van der Waals surface area contributed by atoms with Crippen LogP contribution in [0.25, 0.3) is 0 Å². The molecule has 0 bridgehead atoms. The highest BCUT2D eigenvalue weighted by Crippen LogP contribution is 2.28. The minimum absolute atomic E-state index is 0.0109. The molecule has 0 aromatic heterocycles. The zero-order chi connectivity index (χ0) is 12.3. The first-order valence-electron chi connectivity index (χ1n) is 4.46. The van der Waals surface area contributed by atoms with Crippen LogP contribution in [-0.4, -0.2) is 28.7 Å². The average Bonchev–Trinajstić information content (AvgIpc) is 2.28. The van der Waals surface area contributed by atoms with Gasteiger partial charge in [0.2, 0.25) is 0 Å². The number of alkyl halides is 2.